The Hall–Kier alpha value is 1.05. The van der Waals surface area contributed by atoms with E-state index in [1.165, 1.54) is 31.4 Å². The summed E-state index contributed by atoms with van der Waals surface area (Å²) >= 11 is 0. The summed E-state index contributed by atoms with van der Waals surface area (Å²) in [6, 6.07) is 0. The molecule has 0 bridgehead atoms. The first-order valence-electron chi connectivity index (χ1n) is 3.92. The molecule has 0 unspecified atom stereocenters. The molecule has 1 aliphatic heterocycles. The fourth-order valence-electron chi connectivity index (χ4n) is 1.68. The van der Waals surface area contributed by atoms with Gasteiger partial charge in [0.15, 0.2) is 0 Å². The normalized spacial score (nSPS) is 40.8. The summed E-state index contributed by atoms with van der Waals surface area (Å²) < 4.78 is 0. The molecule has 1 heterocycles. The van der Waals surface area contributed by atoms with Gasteiger partial charge in [0.05, 0.1) is 0 Å². The summed E-state index contributed by atoms with van der Waals surface area (Å²) in [7, 11) is 6.20. The molecule has 1 aliphatic carbocycles. The summed E-state index contributed by atoms with van der Waals surface area (Å²) in [5.41, 5.74) is 0. The highest BCUT2D eigenvalue weighted by molar-refractivity contribution is 9.09. The second-order valence-electron chi connectivity index (χ2n) is 3.03. The van der Waals surface area contributed by atoms with E-state index in [1.807, 2.05) is 9.83 Å². The Balaban J connectivity index is 1.93. The maximum Gasteiger partial charge on any atom is 0.0196 e. The van der Waals surface area contributed by atoms with Gasteiger partial charge in [0.2, 0.25) is 0 Å². The molecule has 2 aliphatic rings. The highest BCUT2D eigenvalue weighted by Crippen LogP contribution is 2.51. The van der Waals surface area contributed by atoms with E-state index in [0.717, 1.165) is 11.2 Å². The molecule has 2 atom stereocenters. The quantitative estimate of drug-likeness (QED) is 0.538. The average Bonchev–Trinajstić information content (AvgIpc) is 2.05. The van der Waals surface area contributed by atoms with Crippen molar-refractivity contribution in [2.45, 2.75) is 30.9 Å². The third-order valence-corrected chi connectivity index (χ3v) is 7.19. The van der Waals surface area contributed by atoms with E-state index in [4.69, 9.17) is 0 Å². The molecule has 58 valence electrons. The Bertz CT molecular complexity index is 89.4. The SMILES string of the molecule is C1CC[C@@H]2SSSC[C@H]2C1. The van der Waals surface area contributed by atoms with E-state index in [9.17, 15) is 0 Å². The Morgan fingerprint density at radius 1 is 1.10 bits per heavy atom. The van der Waals surface area contributed by atoms with Crippen LogP contribution in [-0.2, 0) is 0 Å². The summed E-state index contributed by atoms with van der Waals surface area (Å²) in [5, 5.41) is 1.01. The van der Waals surface area contributed by atoms with Gasteiger partial charge in [-0.25, -0.2) is 0 Å². The fourth-order valence-corrected chi connectivity index (χ4v) is 7.07. The highest BCUT2D eigenvalue weighted by Gasteiger charge is 2.28. The number of rotatable bonds is 0. The molecule has 0 nitrogen and oxygen atoms in total. The molecular formula is C7H12S3. The van der Waals surface area contributed by atoms with E-state index >= 15 is 0 Å². The van der Waals surface area contributed by atoms with Crippen LogP contribution in [0.3, 0.4) is 0 Å². The van der Waals surface area contributed by atoms with Crippen LogP contribution in [0.5, 0.6) is 0 Å². The van der Waals surface area contributed by atoms with E-state index in [-0.39, 0.29) is 0 Å². The van der Waals surface area contributed by atoms with Gasteiger partial charge < -0.3 is 0 Å². The van der Waals surface area contributed by atoms with E-state index in [1.54, 1.807) is 0 Å². The molecule has 10 heavy (non-hydrogen) atoms. The van der Waals surface area contributed by atoms with E-state index in [2.05, 4.69) is 21.6 Å². The fraction of sp³-hybridized carbons (Fsp3) is 1.00. The van der Waals surface area contributed by atoms with Crippen molar-refractivity contribution in [2.24, 2.45) is 5.92 Å². The van der Waals surface area contributed by atoms with Crippen LogP contribution >= 0.6 is 31.4 Å². The lowest BCUT2D eigenvalue weighted by molar-refractivity contribution is 0.404. The van der Waals surface area contributed by atoms with Crippen molar-refractivity contribution < 1.29 is 0 Å². The molecule has 2 fully saturated rings. The summed E-state index contributed by atoms with van der Waals surface area (Å²) in [6.07, 6.45) is 5.97. The van der Waals surface area contributed by atoms with Gasteiger partial charge in [0, 0.05) is 11.0 Å². The maximum atomic E-state index is 2.13. The lowest BCUT2D eigenvalue weighted by Gasteiger charge is -2.33. The first-order valence-corrected chi connectivity index (χ1v) is 7.63. The van der Waals surface area contributed by atoms with E-state index in [0.29, 0.717) is 0 Å². The minimum atomic E-state index is 1.01. The Morgan fingerprint density at radius 2 is 2.00 bits per heavy atom. The van der Waals surface area contributed by atoms with Crippen molar-refractivity contribution in [2.75, 3.05) is 5.75 Å². The number of fused-ring (bicyclic) bond motifs is 1. The van der Waals surface area contributed by atoms with Crippen molar-refractivity contribution >= 4 is 31.4 Å². The van der Waals surface area contributed by atoms with Gasteiger partial charge in [-0.3, -0.25) is 0 Å². The van der Waals surface area contributed by atoms with Crippen molar-refractivity contribution in [1.82, 2.24) is 0 Å². The molecule has 0 aromatic heterocycles. The van der Waals surface area contributed by atoms with E-state index < -0.39 is 0 Å². The lowest BCUT2D eigenvalue weighted by Crippen LogP contribution is -2.24. The predicted octanol–water partition coefficient (Wildman–Crippen LogP) is 3.59. The third kappa shape index (κ3) is 1.62. The molecule has 0 N–H and O–H groups in total. The minimum absolute atomic E-state index is 1.01. The zero-order valence-corrected chi connectivity index (χ0v) is 8.36. The minimum Gasteiger partial charge on any atom is -0.0822 e. The number of hydrogen-bond acceptors (Lipinski definition) is 3. The van der Waals surface area contributed by atoms with Gasteiger partial charge in [0.1, 0.15) is 0 Å². The van der Waals surface area contributed by atoms with Crippen molar-refractivity contribution in [1.29, 1.82) is 0 Å². The number of hydrogen-bond donors (Lipinski definition) is 0. The van der Waals surface area contributed by atoms with Crippen molar-refractivity contribution in [3.63, 3.8) is 0 Å². The molecule has 1 saturated carbocycles. The lowest BCUT2D eigenvalue weighted by atomic mass is 9.90. The van der Waals surface area contributed by atoms with Crippen LogP contribution in [0.4, 0.5) is 0 Å². The average molecular weight is 192 g/mol. The van der Waals surface area contributed by atoms with Crippen LogP contribution in [0.2, 0.25) is 0 Å². The van der Waals surface area contributed by atoms with Crippen LogP contribution in [0.15, 0.2) is 0 Å². The van der Waals surface area contributed by atoms with Crippen LogP contribution in [0.25, 0.3) is 0 Å². The van der Waals surface area contributed by atoms with Crippen molar-refractivity contribution in [3.8, 4) is 0 Å². The molecule has 0 spiro atoms. The molecule has 1 saturated heterocycles. The van der Waals surface area contributed by atoms with Gasteiger partial charge >= 0.3 is 0 Å². The van der Waals surface area contributed by atoms with Gasteiger partial charge in [-0.15, -0.1) is 0 Å². The van der Waals surface area contributed by atoms with Crippen LogP contribution in [-0.4, -0.2) is 11.0 Å². The molecular weight excluding hydrogens is 180 g/mol. The second kappa shape index (κ2) is 3.63. The third-order valence-electron chi connectivity index (χ3n) is 2.33. The van der Waals surface area contributed by atoms with Crippen LogP contribution in [0, 0.1) is 5.92 Å². The zero-order valence-electron chi connectivity index (χ0n) is 5.91. The molecule has 3 heteroatoms. The molecule has 0 aromatic rings. The topological polar surface area (TPSA) is 0 Å². The van der Waals surface area contributed by atoms with Gasteiger partial charge in [-0.05, 0) is 28.6 Å². The molecule has 2 rings (SSSR count). The van der Waals surface area contributed by atoms with Crippen molar-refractivity contribution in [3.05, 3.63) is 0 Å². The largest absolute Gasteiger partial charge is 0.0822 e. The van der Waals surface area contributed by atoms with Crippen LogP contribution < -0.4 is 0 Å². The maximum absolute atomic E-state index is 2.13. The first-order chi connectivity index (χ1) is 4.97. The molecule has 0 aromatic carbocycles. The van der Waals surface area contributed by atoms with Gasteiger partial charge in [-0.2, -0.15) is 0 Å². The van der Waals surface area contributed by atoms with Gasteiger partial charge in [0.25, 0.3) is 0 Å². The first kappa shape index (κ1) is 7.69. The zero-order chi connectivity index (χ0) is 6.81. The summed E-state index contributed by atoms with van der Waals surface area (Å²) in [6.45, 7) is 0. The smallest absolute Gasteiger partial charge is 0.0196 e. The Labute approximate surface area is 74.1 Å². The summed E-state index contributed by atoms with van der Waals surface area (Å²) in [4.78, 5) is 0. The highest BCUT2D eigenvalue weighted by atomic mass is 33.5. The molecule has 0 amide bonds. The Kier molecular flexibility index (Phi) is 2.79. The van der Waals surface area contributed by atoms with Crippen LogP contribution in [0.1, 0.15) is 25.7 Å². The predicted molar refractivity (Wildman–Crippen MR) is 53.4 cm³/mol. The Morgan fingerprint density at radius 3 is 2.90 bits per heavy atom. The molecule has 0 radical (unpaired) electrons. The standard InChI is InChI=1S/C7H12S3/c1-2-4-7-6(3-1)5-8-10-9-7/h6-7H,1-5H2/t6-,7+/m1/s1. The van der Waals surface area contributed by atoms with Gasteiger partial charge in [-0.1, -0.05) is 34.4 Å². The monoisotopic (exact) mass is 192 g/mol. The summed E-state index contributed by atoms with van der Waals surface area (Å²) in [5.74, 6) is 2.48. The second-order valence-corrected chi connectivity index (χ2v) is 7.45.